The lowest BCUT2D eigenvalue weighted by molar-refractivity contribution is 0.432. The van der Waals surface area contributed by atoms with Crippen LogP contribution in [0.1, 0.15) is 44.9 Å². The number of hydrogen-bond donors (Lipinski definition) is 2. The first-order valence-electron chi connectivity index (χ1n) is 5.36. The summed E-state index contributed by atoms with van der Waals surface area (Å²) in [6.07, 6.45) is 9.38. The number of nitrogens with two attached hydrogens (primary N) is 1. The van der Waals surface area contributed by atoms with Gasteiger partial charge < -0.3 is 11.1 Å². The highest BCUT2D eigenvalue weighted by atomic mass is 15.0. The van der Waals surface area contributed by atoms with E-state index in [0.29, 0.717) is 6.04 Å². The monoisotopic (exact) mass is 168 g/mol. The van der Waals surface area contributed by atoms with Crippen molar-refractivity contribution in [3.8, 4) is 0 Å². The van der Waals surface area contributed by atoms with Crippen LogP contribution < -0.4 is 11.1 Å². The van der Waals surface area contributed by atoms with Gasteiger partial charge in [0.2, 0.25) is 0 Å². The maximum atomic E-state index is 5.86. The predicted molar refractivity (Wildman–Crippen MR) is 51.0 cm³/mol. The van der Waals surface area contributed by atoms with Crippen molar-refractivity contribution in [3.05, 3.63) is 0 Å². The molecule has 2 saturated carbocycles. The lowest BCUT2D eigenvalue weighted by atomic mass is 10.2. The molecule has 0 heterocycles. The summed E-state index contributed by atoms with van der Waals surface area (Å²) >= 11 is 0. The molecule has 3 N–H and O–H groups in total. The molecule has 0 aliphatic heterocycles. The van der Waals surface area contributed by atoms with E-state index in [9.17, 15) is 0 Å². The molecule has 12 heavy (non-hydrogen) atoms. The molecule has 0 aromatic carbocycles. The van der Waals surface area contributed by atoms with Crippen molar-refractivity contribution in [2.45, 2.75) is 63.1 Å². The fraction of sp³-hybridized carbons (Fsp3) is 1.00. The molecule has 0 aromatic rings. The Balaban J connectivity index is 1.72. The van der Waals surface area contributed by atoms with Crippen molar-refractivity contribution in [1.82, 2.24) is 5.32 Å². The molecule has 2 fully saturated rings. The van der Waals surface area contributed by atoms with Crippen LogP contribution in [0.15, 0.2) is 0 Å². The van der Waals surface area contributed by atoms with Gasteiger partial charge in [0, 0.05) is 18.1 Å². The quantitative estimate of drug-likeness (QED) is 0.654. The summed E-state index contributed by atoms with van der Waals surface area (Å²) in [4.78, 5) is 0. The Morgan fingerprint density at radius 2 is 1.67 bits per heavy atom. The molecule has 2 heteroatoms. The molecule has 0 radical (unpaired) electrons. The van der Waals surface area contributed by atoms with Gasteiger partial charge in [-0.25, -0.2) is 0 Å². The third-order valence-corrected chi connectivity index (χ3v) is 3.30. The standard InChI is InChI=1S/C10H20N2/c11-8-5-6-10(7-8)12-9-3-1-2-4-9/h8-10,12H,1-7,11H2. The molecular formula is C10H20N2. The molecule has 2 unspecified atom stereocenters. The highest BCUT2D eigenvalue weighted by Gasteiger charge is 2.25. The van der Waals surface area contributed by atoms with E-state index in [1.165, 1.54) is 44.9 Å². The fourth-order valence-corrected chi connectivity index (χ4v) is 2.59. The maximum Gasteiger partial charge on any atom is 0.00849 e. The van der Waals surface area contributed by atoms with Crippen molar-refractivity contribution in [3.63, 3.8) is 0 Å². The first kappa shape index (κ1) is 8.52. The Bertz CT molecular complexity index is 141. The van der Waals surface area contributed by atoms with Crippen molar-refractivity contribution in [2.75, 3.05) is 0 Å². The first-order valence-corrected chi connectivity index (χ1v) is 5.36. The van der Waals surface area contributed by atoms with E-state index in [4.69, 9.17) is 5.73 Å². The van der Waals surface area contributed by atoms with Crippen LogP contribution in [0.4, 0.5) is 0 Å². The summed E-state index contributed by atoms with van der Waals surface area (Å²) in [6, 6.07) is 2.03. The van der Waals surface area contributed by atoms with Gasteiger partial charge in [-0.1, -0.05) is 12.8 Å². The minimum absolute atomic E-state index is 0.476. The van der Waals surface area contributed by atoms with Gasteiger partial charge in [0.1, 0.15) is 0 Å². The molecule has 0 bridgehead atoms. The van der Waals surface area contributed by atoms with Crippen molar-refractivity contribution in [1.29, 1.82) is 0 Å². The SMILES string of the molecule is NC1CCC(NC2CCCC2)C1. The Kier molecular flexibility index (Phi) is 2.66. The third kappa shape index (κ3) is 1.99. The zero-order chi connectivity index (χ0) is 8.39. The van der Waals surface area contributed by atoms with Crippen molar-refractivity contribution < 1.29 is 0 Å². The van der Waals surface area contributed by atoms with Crippen LogP contribution in [-0.2, 0) is 0 Å². The van der Waals surface area contributed by atoms with E-state index < -0.39 is 0 Å². The second-order valence-corrected chi connectivity index (χ2v) is 4.42. The molecule has 0 saturated heterocycles. The molecule has 0 amide bonds. The number of rotatable bonds is 2. The lowest BCUT2D eigenvalue weighted by Crippen LogP contribution is -2.35. The average Bonchev–Trinajstić information content (AvgIpc) is 2.63. The zero-order valence-corrected chi connectivity index (χ0v) is 7.76. The summed E-state index contributed by atoms with van der Waals surface area (Å²) in [5.74, 6) is 0. The largest absolute Gasteiger partial charge is 0.328 e. The molecule has 2 aliphatic carbocycles. The molecule has 0 aromatic heterocycles. The van der Waals surface area contributed by atoms with Crippen molar-refractivity contribution in [2.24, 2.45) is 5.73 Å². The van der Waals surface area contributed by atoms with E-state index in [-0.39, 0.29) is 0 Å². The molecule has 0 spiro atoms. The highest BCUT2D eigenvalue weighted by Crippen LogP contribution is 2.23. The first-order chi connectivity index (χ1) is 5.84. The van der Waals surface area contributed by atoms with E-state index in [1.54, 1.807) is 0 Å². The maximum absolute atomic E-state index is 5.86. The second-order valence-electron chi connectivity index (χ2n) is 4.42. The summed E-state index contributed by atoms with van der Waals surface area (Å²) < 4.78 is 0. The van der Waals surface area contributed by atoms with Crippen LogP contribution in [-0.4, -0.2) is 18.1 Å². The van der Waals surface area contributed by atoms with Crippen LogP contribution >= 0.6 is 0 Å². The van der Waals surface area contributed by atoms with Gasteiger partial charge in [0.15, 0.2) is 0 Å². The molecule has 2 nitrogen and oxygen atoms in total. The van der Waals surface area contributed by atoms with Crippen LogP contribution in [0, 0.1) is 0 Å². The average molecular weight is 168 g/mol. The number of hydrogen-bond acceptors (Lipinski definition) is 2. The van der Waals surface area contributed by atoms with E-state index in [2.05, 4.69) is 5.32 Å². The van der Waals surface area contributed by atoms with Crippen LogP contribution in [0.5, 0.6) is 0 Å². The van der Waals surface area contributed by atoms with Gasteiger partial charge in [-0.3, -0.25) is 0 Å². The zero-order valence-electron chi connectivity index (χ0n) is 7.76. The Labute approximate surface area is 74.9 Å². The van der Waals surface area contributed by atoms with Crippen LogP contribution in [0.2, 0.25) is 0 Å². The Morgan fingerprint density at radius 1 is 0.917 bits per heavy atom. The second kappa shape index (κ2) is 3.75. The minimum atomic E-state index is 0.476. The summed E-state index contributed by atoms with van der Waals surface area (Å²) in [6.45, 7) is 0. The van der Waals surface area contributed by atoms with Gasteiger partial charge >= 0.3 is 0 Å². The Morgan fingerprint density at radius 3 is 2.25 bits per heavy atom. The normalized spacial score (nSPS) is 37.8. The van der Waals surface area contributed by atoms with E-state index in [0.717, 1.165) is 12.1 Å². The van der Waals surface area contributed by atoms with Crippen LogP contribution in [0.3, 0.4) is 0 Å². The summed E-state index contributed by atoms with van der Waals surface area (Å²) in [5, 5.41) is 3.73. The lowest BCUT2D eigenvalue weighted by Gasteiger charge is -2.17. The fourth-order valence-electron chi connectivity index (χ4n) is 2.59. The molecule has 2 aliphatic rings. The number of nitrogens with one attached hydrogen (secondary N) is 1. The van der Waals surface area contributed by atoms with Crippen molar-refractivity contribution >= 4 is 0 Å². The predicted octanol–water partition coefficient (Wildman–Crippen LogP) is 1.40. The van der Waals surface area contributed by atoms with E-state index >= 15 is 0 Å². The summed E-state index contributed by atoms with van der Waals surface area (Å²) in [7, 11) is 0. The topological polar surface area (TPSA) is 38.0 Å². The van der Waals surface area contributed by atoms with Gasteiger partial charge in [0.05, 0.1) is 0 Å². The highest BCUT2D eigenvalue weighted by molar-refractivity contribution is 4.86. The molecule has 70 valence electrons. The smallest absolute Gasteiger partial charge is 0.00849 e. The molecule has 2 atom stereocenters. The van der Waals surface area contributed by atoms with E-state index in [1.807, 2.05) is 0 Å². The minimum Gasteiger partial charge on any atom is -0.328 e. The van der Waals surface area contributed by atoms with Gasteiger partial charge in [-0.2, -0.15) is 0 Å². The van der Waals surface area contributed by atoms with Crippen LogP contribution in [0.25, 0.3) is 0 Å². The molecule has 2 rings (SSSR count). The summed E-state index contributed by atoms with van der Waals surface area (Å²) in [5.41, 5.74) is 5.86. The molecular weight excluding hydrogens is 148 g/mol. The Hall–Kier alpha value is -0.0800. The van der Waals surface area contributed by atoms with Gasteiger partial charge in [0.25, 0.3) is 0 Å². The van der Waals surface area contributed by atoms with Gasteiger partial charge in [-0.15, -0.1) is 0 Å². The van der Waals surface area contributed by atoms with Gasteiger partial charge in [-0.05, 0) is 32.1 Å². The third-order valence-electron chi connectivity index (χ3n) is 3.30.